The Hall–Kier alpha value is -0.800. The van der Waals surface area contributed by atoms with Crippen molar-refractivity contribution in [3.05, 3.63) is 24.5 Å². The van der Waals surface area contributed by atoms with E-state index in [-0.39, 0.29) is 12.4 Å². The zero-order valence-corrected chi connectivity index (χ0v) is 8.91. The van der Waals surface area contributed by atoms with Crippen LogP contribution in [-0.2, 0) is 0 Å². The maximum absolute atomic E-state index is 5.84. The van der Waals surface area contributed by atoms with Crippen LogP contribution < -0.4 is 10.6 Å². The predicted octanol–water partition coefficient (Wildman–Crippen LogP) is 1.43. The highest BCUT2D eigenvalue weighted by Gasteiger charge is 2.15. The Balaban J connectivity index is 0.000000980. The van der Waals surface area contributed by atoms with Crippen LogP contribution in [-0.4, -0.2) is 24.1 Å². The summed E-state index contributed by atoms with van der Waals surface area (Å²) in [5, 5.41) is 0. The zero-order chi connectivity index (χ0) is 9.10. The number of hydrogen-bond donors (Lipinski definition) is 1. The number of aromatic nitrogens is 1. The summed E-state index contributed by atoms with van der Waals surface area (Å²) in [7, 11) is 0. The molecule has 0 aromatic carbocycles. The molecule has 0 unspecified atom stereocenters. The molecular formula is C10H16ClN3. The van der Waals surface area contributed by atoms with Gasteiger partial charge in [0.1, 0.15) is 0 Å². The molecule has 0 amide bonds. The first-order valence-corrected chi connectivity index (χ1v) is 4.77. The van der Waals surface area contributed by atoms with E-state index in [1.165, 1.54) is 5.69 Å². The second kappa shape index (κ2) is 5.17. The van der Waals surface area contributed by atoms with Gasteiger partial charge >= 0.3 is 0 Å². The Kier molecular flexibility index (Phi) is 4.17. The second-order valence-corrected chi connectivity index (χ2v) is 3.53. The highest BCUT2D eigenvalue weighted by molar-refractivity contribution is 5.85. The Labute approximate surface area is 90.7 Å². The fourth-order valence-electron chi connectivity index (χ4n) is 1.71. The number of halogens is 1. The lowest BCUT2D eigenvalue weighted by Crippen LogP contribution is -2.39. The van der Waals surface area contributed by atoms with E-state index in [0.717, 1.165) is 25.9 Å². The third kappa shape index (κ3) is 2.59. The van der Waals surface area contributed by atoms with Gasteiger partial charge in [-0.1, -0.05) is 0 Å². The average Bonchev–Trinajstić information content (AvgIpc) is 2.20. The smallest absolute Gasteiger partial charge is 0.0397 e. The summed E-state index contributed by atoms with van der Waals surface area (Å²) in [6, 6.07) is 4.51. The lowest BCUT2D eigenvalue weighted by Gasteiger charge is -2.31. The van der Waals surface area contributed by atoms with Crippen LogP contribution in [0.25, 0.3) is 0 Å². The van der Waals surface area contributed by atoms with Crippen LogP contribution in [0.2, 0.25) is 0 Å². The Morgan fingerprint density at radius 1 is 1.21 bits per heavy atom. The van der Waals surface area contributed by atoms with Gasteiger partial charge in [-0.3, -0.25) is 4.98 Å². The van der Waals surface area contributed by atoms with Crippen molar-refractivity contribution in [2.75, 3.05) is 18.0 Å². The van der Waals surface area contributed by atoms with Crippen molar-refractivity contribution in [1.82, 2.24) is 4.98 Å². The summed E-state index contributed by atoms with van der Waals surface area (Å²) < 4.78 is 0. The summed E-state index contributed by atoms with van der Waals surface area (Å²) in [5.74, 6) is 0. The molecule has 1 aliphatic rings. The summed E-state index contributed by atoms with van der Waals surface area (Å²) in [5.41, 5.74) is 7.10. The van der Waals surface area contributed by atoms with E-state index in [1.807, 2.05) is 12.4 Å². The first kappa shape index (κ1) is 11.3. The van der Waals surface area contributed by atoms with Crippen molar-refractivity contribution >= 4 is 18.1 Å². The Morgan fingerprint density at radius 2 is 1.79 bits per heavy atom. The average molecular weight is 214 g/mol. The minimum absolute atomic E-state index is 0. The van der Waals surface area contributed by atoms with Gasteiger partial charge in [-0.25, -0.2) is 0 Å². The third-order valence-electron chi connectivity index (χ3n) is 2.57. The van der Waals surface area contributed by atoms with Crippen LogP contribution >= 0.6 is 12.4 Å². The molecule has 0 atom stereocenters. The molecule has 3 nitrogen and oxygen atoms in total. The van der Waals surface area contributed by atoms with Crippen LogP contribution in [0.5, 0.6) is 0 Å². The number of nitrogens with two attached hydrogens (primary N) is 1. The molecule has 1 aromatic rings. The van der Waals surface area contributed by atoms with Crippen molar-refractivity contribution in [2.24, 2.45) is 5.73 Å². The van der Waals surface area contributed by atoms with Gasteiger partial charge in [0.2, 0.25) is 0 Å². The molecule has 1 aliphatic heterocycles. The molecule has 1 fully saturated rings. The first-order chi connectivity index (χ1) is 6.36. The Bertz CT molecular complexity index is 257. The van der Waals surface area contributed by atoms with Crippen molar-refractivity contribution in [1.29, 1.82) is 0 Å². The van der Waals surface area contributed by atoms with Gasteiger partial charge in [-0.2, -0.15) is 0 Å². The van der Waals surface area contributed by atoms with Gasteiger partial charge in [0.05, 0.1) is 0 Å². The number of anilines is 1. The standard InChI is InChI=1S/C10H15N3.ClH/c11-9-3-7-13(8-4-9)10-1-5-12-6-2-10;/h1-2,5-6,9H,3-4,7-8,11H2;1H. The van der Waals surface area contributed by atoms with E-state index in [4.69, 9.17) is 5.73 Å². The summed E-state index contributed by atoms with van der Waals surface area (Å²) in [6.07, 6.45) is 5.87. The van der Waals surface area contributed by atoms with Crippen molar-refractivity contribution < 1.29 is 0 Å². The molecule has 0 spiro atoms. The number of piperidine rings is 1. The minimum atomic E-state index is 0. The molecule has 0 bridgehead atoms. The summed E-state index contributed by atoms with van der Waals surface area (Å²) >= 11 is 0. The molecule has 2 rings (SSSR count). The van der Waals surface area contributed by atoms with E-state index < -0.39 is 0 Å². The number of nitrogens with zero attached hydrogens (tertiary/aromatic N) is 2. The fourth-order valence-corrected chi connectivity index (χ4v) is 1.71. The molecule has 4 heteroatoms. The van der Waals surface area contributed by atoms with Crippen LogP contribution in [0.4, 0.5) is 5.69 Å². The van der Waals surface area contributed by atoms with Crippen LogP contribution in [0.3, 0.4) is 0 Å². The predicted molar refractivity (Wildman–Crippen MR) is 60.9 cm³/mol. The highest BCUT2D eigenvalue weighted by Crippen LogP contribution is 2.17. The summed E-state index contributed by atoms with van der Waals surface area (Å²) in [6.45, 7) is 2.15. The normalized spacial score (nSPS) is 17.6. The van der Waals surface area contributed by atoms with E-state index >= 15 is 0 Å². The molecule has 0 radical (unpaired) electrons. The Morgan fingerprint density at radius 3 is 2.36 bits per heavy atom. The number of rotatable bonds is 1. The molecule has 0 saturated carbocycles. The summed E-state index contributed by atoms with van der Waals surface area (Å²) in [4.78, 5) is 6.37. The van der Waals surface area contributed by atoms with Crippen LogP contribution in [0.15, 0.2) is 24.5 Å². The maximum atomic E-state index is 5.84. The second-order valence-electron chi connectivity index (χ2n) is 3.53. The SMILES string of the molecule is Cl.NC1CCN(c2ccncc2)CC1. The number of hydrogen-bond acceptors (Lipinski definition) is 3. The van der Waals surface area contributed by atoms with Gasteiger partial charge in [0, 0.05) is 37.2 Å². The van der Waals surface area contributed by atoms with E-state index in [1.54, 1.807) is 0 Å². The molecule has 14 heavy (non-hydrogen) atoms. The molecule has 78 valence electrons. The number of pyridine rings is 1. The fraction of sp³-hybridized carbons (Fsp3) is 0.500. The molecule has 1 saturated heterocycles. The van der Waals surface area contributed by atoms with Gasteiger partial charge in [0.25, 0.3) is 0 Å². The van der Waals surface area contributed by atoms with E-state index in [9.17, 15) is 0 Å². The van der Waals surface area contributed by atoms with Crippen molar-refractivity contribution in [3.8, 4) is 0 Å². The maximum Gasteiger partial charge on any atom is 0.0397 e. The molecule has 2 N–H and O–H groups in total. The third-order valence-corrected chi connectivity index (χ3v) is 2.57. The molecule has 1 aromatic heterocycles. The van der Waals surface area contributed by atoms with Crippen molar-refractivity contribution in [3.63, 3.8) is 0 Å². The van der Waals surface area contributed by atoms with E-state index in [0.29, 0.717) is 6.04 Å². The van der Waals surface area contributed by atoms with Gasteiger partial charge in [-0.15, -0.1) is 12.4 Å². The monoisotopic (exact) mass is 213 g/mol. The lowest BCUT2D eigenvalue weighted by molar-refractivity contribution is 0.501. The van der Waals surface area contributed by atoms with Crippen LogP contribution in [0, 0.1) is 0 Å². The largest absolute Gasteiger partial charge is 0.371 e. The van der Waals surface area contributed by atoms with E-state index in [2.05, 4.69) is 22.0 Å². The highest BCUT2D eigenvalue weighted by atomic mass is 35.5. The molecule has 2 heterocycles. The van der Waals surface area contributed by atoms with Gasteiger partial charge in [-0.05, 0) is 25.0 Å². The lowest BCUT2D eigenvalue weighted by atomic mass is 10.1. The minimum Gasteiger partial charge on any atom is -0.371 e. The van der Waals surface area contributed by atoms with Crippen LogP contribution in [0.1, 0.15) is 12.8 Å². The molecule has 0 aliphatic carbocycles. The molecular weight excluding hydrogens is 198 g/mol. The first-order valence-electron chi connectivity index (χ1n) is 4.77. The zero-order valence-electron chi connectivity index (χ0n) is 8.10. The quantitative estimate of drug-likeness (QED) is 0.768. The van der Waals surface area contributed by atoms with Crippen molar-refractivity contribution in [2.45, 2.75) is 18.9 Å². The topological polar surface area (TPSA) is 42.1 Å². The van der Waals surface area contributed by atoms with Gasteiger partial charge in [0.15, 0.2) is 0 Å². The van der Waals surface area contributed by atoms with Gasteiger partial charge < -0.3 is 10.6 Å².